The third-order valence-corrected chi connectivity index (χ3v) is 4.11. The number of unbranched alkanes of at least 4 members (excludes halogenated alkanes) is 5. The molecule has 29 heavy (non-hydrogen) atoms. The Morgan fingerprint density at radius 3 is 1.38 bits per heavy atom. The third kappa shape index (κ3) is 25.2. The zero-order chi connectivity index (χ0) is 21.3. The molecule has 0 aromatic rings. The van der Waals surface area contributed by atoms with Crippen molar-refractivity contribution >= 4 is 5.97 Å². The topological polar surface area (TPSA) is 72.5 Å². The van der Waals surface area contributed by atoms with Crippen molar-refractivity contribution in [2.75, 3.05) is 72.7 Å². The number of hydrogen-bond donors (Lipinski definition) is 0. The number of rotatable bonds is 24. The van der Waals surface area contributed by atoms with Crippen LogP contribution in [0.15, 0.2) is 0 Å². The first-order chi connectivity index (χ1) is 14.3. The van der Waals surface area contributed by atoms with E-state index in [0.29, 0.717) is 72.5 Å². The normalized spacial score (nSPS) is 11.1. The van der Waals surface area contributed by atoms with E-state index in [1.807, 2.05) is 0 Å². The Morgan fingerprint density at radius 2 is 0.897 bits per heavy atom. The summed E-state index contributed by atoms with van der Waals surface area (Å²) in [4.78, 5) is 11.5. The number of ether oxygens (including phenoxy) is 6. The fraction of sp³-hybridized carbons (Fsp3) is 0.955. The minimum absolute atomic E-state index is 0.137. The number of hydrogen-bond acceptors (Lipinski definition) is 7. The fourth-order valence-corrected chi connectivity index (χ4v) is 2.42. The summed E-state index contributed by atoms with van der Waals surface area (Å²) >= 11 is 0. The average Bonchev–Trinajstić information content (AvgIpc) is 2.73. The predicted molar refractivity (Wildman–Crippen MR) is 113 cm³/mol. The SMILES string of the molecule is CCCCCCC(=O)OCCOCCOCCOCCOCCOCCCCC. The Kier molecular flexibility index (Phi) is 24.7. The highest BCUT2D eigenvalue weighted by Gasteiger charge is 2.02. The maximum atomic E-state index is 11.5. The summed E-state index contributed by atoms with van der Waals surface area (Å²) in [7, 11) is 0. The lowest BCUT2D eigenvalue weighted by Crippen LogP contribution is -2.15. The molecule has 0 aliphatic carbocycles. The lowest BCUT2D eigenvalue weighted by molar-refractivity contribution is -0.145. The van der Waals surface area contributed by atoms with Crippen LogP contribution in [0.4, 0.5) is 0 Å². The molecule has 0 amide bonds. The average molecular weight is 421 g/mol. The highest BCUT2D eigenvalue weighted by atomic mass is 16.6. The van der Waals surface area contributed by atoms with E-state index in [1.165, 1.54) is 25.7 Å². The van der Waals surface area contributed by atoms with Crippen LogP contribution in [0.5, 0.6) is 0 Å². The first kappa shape index (κ1) is 28.3. The lowest BCUT2D eigenvalue weighted by Gasteiger charge is -2.08. The van der Waals surface area contributed by atoms with Crippen LogP contribution < -0.4 is 0 Å². The molecule has 0 rings (SSSR count). The number of esters is 1. The van der Waals surface area contributed by atoms with E-state index in [2.05, 4.69) is 13.8 Å². The second-order valence-corrected chi connectivity index (χ2v) is 6.80. The van der Waals surface area contributed by atoms with E-state index in [9.17, 15) is 4.79 Å². The minimum atomic E-state index is -0.137. The van der Waals surface area contributed by atoms with E-state index in [1.54, 1.807) is 0 Å². The van der Waals surface area contributed by atoms with Crippen LogP contribution in [-0.4, -0.2) is 78.6 Å². The van der Waals surface area contributed by atoms with Gasteiger partial charge in [-0.1, -0.05) is 46.0 Å². The molecule has 0 heterocycles. The minimum Gasteiger partial charge on any atom is -0.463 e. The van der Waals surface area contributed by atoms with Gasteiger partial charge in [0.15, 0.2) is 0 Å². The first-order valence-electron chi connectivity index (χ1n) is 11.4. The quantitative estimate of drug-likeness (QED) is 0.174. The van der Waals surface area contributed by atoms with Gasteiger partial charge in [0.2, 0.25) is 0 Å². The summed E-state index contributed by atoms with van der Waals surface area (Å²) in [5.74, 6) is -0.137. The smallest absolute Gasteiger partial charge is 0.305 e. The Hall–Kier alpha value is -0.730. The summed E-state index contributed by atoms with van der Waals surface area (Å²) < 4.78 is 32.2. The van der Waals surface area contributed by atoms with Crippen LogP contribution in [0.2, 0.25) is 0 Å². The van der Waals surface area contributed by atoms with Crippen LogP contribution >= 0.6 is 0 Å². The van der Waals surface area contributed by atoms with Crippen LogP contribution in [0, 0.1) is 0 Å². The predicted octanol–water partition coefficient (Wildman–Crippen LogP) is 3.77. The molecule has 7 heteroatoms. The Bertz CT molecular complexity index is 326. The molecular weight excluding hydrogens is 376 g/mol. The molecule has 0 N–H and O–H groups in total. The van der Waals surface area contributed by atoms with E-state index in [4.69, 9.17) is 28.4 Å². The van der Waals surface area contributed by atoms with Crippen molar-refractivity contribution in [2.45, 2.75) is 65.2 Å². The maximum Gasteiger partial charge on any atom is 0.305 e. The molecule has 0 fully saturated rings. The van der Waals surface area contributed by atoms with Gasteiger partial charge in [0.1, 0.15) is 6.61 Å². The molecule has 0 atom stereocenters. The van der Waals surface area contributed by atoms with E-state index in [0.717, 1.165) is 25.9 Å². The molecule has 0 saturated carbocycles. The largest absolute Gasteiger partial charge is 0.463 e. The van der Waals surface area contributed by atoms with Gasteiger partial charge in [-0.25, -0.2) is 0 Å². The summed E-state index contributed by atoms with van der Waals surface area (Å²) in [6.07, 6.45) is 8.39. The monoisotopic (exact) mass is 420 g/mol. The molecule has 174 valence electrons. The van der Waals surface area contributed by atoms with Gasteiger partial charge < -0.3 is 28.4 Å². The summed E-state index contributed by atoms with van der Waals surface area (Å²) in [5.41, 5.74) is 0. The van der Waals surface area contributed by atoms with E-state index < -0.39 is 0 Å². The van der Waals surface area contributed by atoms with Crippen LogP contribution in [0.1, 0.15) is 65.2 Å². The highest BCUT2D eigenvalue weighted by Crippen LogP contribution is 2.03. The lowest BCUT2D eigenvalue weighted by atomic mass is 10.2. The molecule has 7 nitrogen and oxygen atoms in total. The second kappa shape index (κ2) is 25.3. The van der Waals surface area contributed by atoms with Crippen molar-refractivity contribution in [1.29, 1.82) is 0 Å². The van der Waals surface area contributed by atoms with Crippen molar-refractivity contribution in [3.63, 3.8) is 0 Å². The highest BCUT2D eigenvalue weighted by molar-refractivity contribution is 5.69. The van der Waals surface area contributed by atoms with Gasteiger partial charge in [0.05, 0.1) is 59.5 Å². The van der Waals surface area contributed by atoms with Crippen LogP contribution in [0.3, 0.4) is 0 Å². The van der Waals surface area contributed by atoms with Gasteiger partial charge in [-0.15, -0.1) is 0 Å². The Morgan fingerprint density at radius 1 is 0.483 bits per heavy atom. The van der Waals surface area contributed by atoms with E-state index >= 15 is 0 Å². The van der Waals surface area contributed by atoms with Gasteiger partial charge in [-0.2, -0.15) is 0 Å². The molecule has 0 aliphatic rings. The maximum absolute atomic E-state index is 11.5. The molecule has 0 aromatic heterocycles. The molecule has 0 spiro atoms. The number of carbonyl (C=O) groups is 1. The van der Waals surface area contributed by atoms with Gasteiger partial charge in [0.25, 0.3) is 0 Å². The molecule has 0 aromatic carbocycles. The Labute approximate surface area is 177 Å². The standard InChI is InChI=1S/C22H44O7/c1-3-5-7-8-10-22(23)29-21-20-28-19-18-27-17-16-26-15-14-25-13-12-24-11-9-6-4-2/h3-21H2,1-2H3. The molecular formula is C22H44O7. The molecule has 0 aliphatic heterocycles. The van der Waals surface area contributed by atoms with Crippen LogP contribution in [0.25, 0.3) is 0 Å². The molecule has 0 radical (unpaired) electrons. The Balaban J connectivity index is 3.07. The van der Waals surface area contributed by atoms with E-state index in [-0.39, 0.29) is 5.97 Å². The first-order valence-corrected chi connectivity index (χ1v) is 11.4. The fourth-order valence-electron chi connectivity index (χ4n) is 2.42. The van der Waals surface area contributed by atoms with Crippen molar-refractivity contribution in [2.24, 2.45) is 0 Å². The molecule has 0 bridgehead atoms. The summed E-state index contributed by atoms with van der Waals surface area (Å²) in [6.45, 7) is 10.3. The van der Waals surface area contributed by atoms with Gasteiger partial charge >= 0.3 is 5.97 Å². The molecule has 0 unspecified atom stereocenters. The van der Waals surface area contributed by atoms with Crippen molar-refractivity contribution < 1.29 is 33.2 Å². The molecule has 0 saturated heterocycles. The zero-order valence-electron chi connectivity index (χ0n) is 18.8. The van der Waals surface area contributed by atoms with Gasteiger partial charge in [-0.3, -0.25) is 4.79 Å². The van der Waals surface area contributed by atoms with Crippen molar-refractivity contribution in [1.82, 2.24) is 0 Å². The third-order valence-electron chi connectivity index (χ3n) is 4.11. The summed E-state index contributed by atoms with van der Waals surface area (Å²) in [5, 5.41) is 0. The van der Waals surface area contributed by atoms with Crippen LogP contribution in [-0.2, 0) is 33.2 Å². The second-order valence-electron chi connectivity index (χ2n) is 6.80. The summed E-state index contributed by atoms with van der Waals surface area (Å²) in [6, 6.07) is 0. The number of carbonyl (C=O) groups excluding carboxylic acids is 1. The zero-order valence-corrected chi connectivity index (χ0v) is 18.8. The van der Waals surface area contributed by atoms with Crippen molar-refractivity contribution in [3.8, 4) is 0 Å². The van der Waals surface area contributed by atoms with Gasteiger partial charge in [-0.05, 0) is 12.8 Å². The van der Waals surface area contributed by atoms with Gasteiger partial charge in [0, 0.05) is 13.0 Å². The van der Waals surface area contributed by atoms with Crippen molar-refractivity contribution in [3.05, 3.63) is 0 Å².